The van der Waals surface area contributed by atoms with Crippen molar-refractivity contribution in [1.82, 2.24) is 15.2 Å². The van der Waals surface area contributed by atoms with Crippen molar-refractivity contribution in [2.45, 2.75) is 45.6 Å². The summed E-state index contributed by atoms with van der Waals surface area (Å²) in [5, 5.41) is 4.06. The molecular weight excluding hydrogens is 405 g/mol. The first-order valence-electron chi connectivity index (χ1n) is 11.4. The second kappa shape index (κ2) is 9.55. The number of halogens is 1. The van der Waals surface area contributed by atoms with Crippen molar-refractivity contribution in [3.05, 3.63) is 59.9 Å². The van der Waals surface area contributed by atoms with Gasteiger partial charge in [-0.1, -0.05) is 18.2 Å². The number of hydrogen-bond acceptors (Lipinski definition) is 2. The van der Waals surface area contributed by atoms with E-state index in [1.54, 1.807) is 12.1 Å². The maximum atomic E-state index is 13.4. The molecule has 1 aliphatic heterocycles. The Bertz CT molecular complexity index is 1100. The van der Waals surface area contributed by atoms with Gasteiger partial charge in [0, 0.05) is 48.1 Å². The molecule has 2 N–H and O–H groups in total. The first kappa shape index (κ1) is 22.1. The largest absolute Gasteiger partial charge is 0.354 e. The van der Waals surface area contributed by atoms with Crippen LogP contribution >= 0.6 is 0 Å². The van der Waals surface area contributed by atoms with Gasteiger partial charge in [-0.25, -0.2) is 4.39 Å². The summed E-state index contributed by atoms with van der Waals surface area (Å²) in [5.41, 5.74) is 3.92. The van der Waals surface area contributed by atoms with Crippen LogP contribution in [0.5, 0.6) is 0 Å². The van der Waals surface area contributed by atoms with Crippen LogP contribution in [-0.2, 0) is 16.0 Å². The highest BCUT2D eigenvalue weighted by Crippen LogP contribution is 2.32. The third-order valence-electron chi connectivity index (χ3n) is 6.18. The minimum absolute atomic E-state index is 0.0138. The predicted octanol–water partition coefficient (Wildman–Crippen LogP) is 4.67. The number of nitrogens with zero attached hydrogens (tertiary/aromatic N) is 1. The number of amides is 2. The summed E-state index contributed by atoms with van der Waals surface area (Å²) in [6, 6.07) is 14.6. The zero-order valence-corrected chi connectivity index (χ0v) is 18.7. The van der Waals surface area contributed by atoms with Gasteiger partial charge in [0.25, 0.3) is 0 Å². The van der Waals surface area contributed by atoms with Crippen LogP contribution in [0, 0.1) is 11.7 Å². The Labute approximate surface area is 188 Å². The first-order chi connectivity index (χ1) is 15.4. The Balaban J connectivity index is 1.44. The van der Waals surface area contributed by atoms with Crippen molar-refractivity contribution in [3.8, 4) is 11.3 Å². The molecule has 4 rings (SSSR count). The molecule has 0 bridgehead atoms. The summed E-state index contributed by atoms with van der Waals surface area (Å²) in [5.74, 6) is -0.0786. The zero-order chi connectivity index (χ0) is 22.7. The van der Waals surface area contributed by atoms with Crippen LogP contribution in [-0.4, -0.2) is 40.8 Å². The SMILES string of the molecule is CC(C)NC(=O)C1CCN(C(=O)CCc2c(-c3ccc(F)cc3)[nH]c3ccccc23)CC1. The van der Waals surface area contributed by atoms with E-state index in [2.05, 4.69) is 16.4 Å². The lowest BCUT2D eigenvalue weighted by atomic mass is 9.95. The molecular formula is C26H30FN3O2. The number of carbonyl (C=O) groups excluding carboxylic acids is 2. The second-order valence-electron chi connectivity index (χ2n) is 8.85. The molecule has 3 aromatic rings. The van der Waals surface area contributed by atoms with Crippen LogP contribution in [0.25, 0.3) is 22.2 Å². The summed E-state index contributed by atoms with van der Waals surface area (Å²) in [6.07, 6.45) is 2.42. The molecule has 0 spiro atoms. The van der Waals surface area contributed by atoms with E-state index < -0.39 is 0 Å². The van der Waals surface area contributed by atoms with E-state index in [0.29, 0.717) is 38.8 Å². The summed E-state index contributed by atoms with van der Waals surface area (Å²) in [4.78, 5) is 30.5. The van der Waals surface area contributed by atoms with Crippen LogP contribution in [0.2, 0.25) is 0 Å². The molecule has 0 unspecified atom stereocenters. The monoisotopic (exact) mass is 435 g/mol. The molecule has 0 aliphatic carbocycles. The minimum atomic E-state index is -0.271. The topological polar surface area (TPSA) is 65.2 Å². The maximum absolute atomic E-state index is 13.4. The molecule has 2 heterocycles. The molecule has 1 aromatic heterocycles. The Morgan fingerprint density at radius 1 is 1.09 bits per heavy atom. The number of H-pyrrole nitrogens is 1. The third kappa shape index (κ3) is 4.85. The molecule has 168 valence electrons. The quantitative estimate of drug-likeness (QED) is 0.591. The van der Waals surface area contributed by atoms with Crippen molar-refractivity contribution in [3.63, 3.8) is 0 Å². The highest BCUT2D eigenvalue weighted by Gasteiger charge is 2.27. The van der Waals surface area contributed by atoms with Gasteiger partial charge >= 0.3 is 0 Å². The van der Waals surface area contributed by atoms with Crippen LogP contribution in [0.1, 0.15) is 38.7 Å². The van der Waals surface area contributed by atoms with Gasteiger partial charge in [-0.3, -0.25) is 9.59 Å². The van der Waals surface area contributed by atoms with Gasteiger partial charge in [0.2, 0.25) is 11.8 Å². The van der Waals surface area contributed by atoms with Crippen LogP contribution < -0.4 is 5.32 Å². The average molecular weight is 436 g/mol. The average Bonchev–Trinajstić information content (AvgIpc) is 3.16. The standard InChI is InChI=1S/C26H30FN3O2/c1-17(2)28-26(32)19-13-15-30(16-14-19)24(31)12-11-22-21-5-3-4-6-23(21)29-25(22)18-7-9-20(27)10-8-18/h3-10,17,19,29H,11-16H2,1-2H3,(H,28,32). The van der Waals surface area contributed by atoms with Crippen molar-refractivity contribution in [1.29, 1.82) is 0 Å². The van der Waals surface area contributed by atoms with Crippen molar-refractivity contribution in [2.75, 3.05) is 13.1 Å². The van der Waals surface area contributed by atoms with Gasteiger partial charge in [-0.05, 0) is 74.6 Å². The molecule has 6 heteroatoms. The number of hydrogen-bond donors (Lipinski definition) is 2. The van der Waals surface area contributed by atoms with Gasteiger partial charge < -0.3 is 15.2 Å². The molecule has 1 saturated heterocycles. The summed E-state index contributed by atoms with van der Waals surface area (Å²) < 4.78 is 13.4. The smallest absolute Gasteiger partial charge is 0.223 e. The fourth-order valence-electron chi connectivity index (χ4n) is 4.51. The Morgan fingerprint density at radius 3 is 2.47 bits per heavy atom. The molecule has 0 atom stereocenters. The fourth-order valence-corrected chi connectivity index (χ4v) is 4.51. The van der Waals surface area contributed by atoms with Gasteiger partial charge in [0.1, 0.15) is 5.82 Å². The molecule has 0 saturated carbocycles. The number of rotatable bonds is 6. The lowest BCUT2D eigenvalue weighted by Gasteiger charge is -2.31. The van der Waals surface area contributed by atoms with Gasteiger partial charge in [-0.2, -0.15) is 0 Å². The fraction of sp³-hybridized carbons (Fsp3) is 0.385. The third-order valence-corrected chi connectivity index (χ3v) is 6.18. The van der Waals surface area contributed by atoms with E-state index in [9.17, 15) is 14.0 Å². The number of nitrogens with one attached hydrogen (secondary N) is 2. The molecule has 5 nitrogen and oxygen atoms in total. The number of carbonyl (C=O) groups is 2. The predicted molar refractivity (Wildman–Crippen MR) is 125 cm³/mol. The number of aromatic amines is 1. The second-order valence-corrected chi connectivity index (χ2v) is 8.85. The molecule has 1 fully saturated rings. The van der Waals surface area contributed by atoms with E-state index in [1.165, 1.54) is 12.1 Å². The Hall–Kier alpha value is -3.15. The van der Waals surface area contributed by atoms with E-state index in [1.807, 2.05) is 36.9 Å². The normalized spacial score (nSPS) is 14.8. The zero-order valence-electron chi connectivity index (χ0n) is 18.7. The first-order valence-corrected chi connectivity index (χ1v) is 11.4. The highest BCUT2D eigenvalue weighted by atomic mass is 19.1. The number of para-hydroxylation sites is 1. The molecule has 0 radical (unpaired) electrons. The lowest BCUT2D eigenvalue weighted by Crippen LogP contribution is -2.44. The lowest BCUT2D eigenvalue weighted by molar-refractivity contribution is -0.135. The van der Waals surface area contributed by atoms with Gasteiger partial charge in [0.05, 0.1) is 0 Å². The number of aromatic nitrogens is 1. The maximum Gasteiger partial charge on any atom is 0.223 e. The molecule has 2 aromatic carbocycles. The number of benzene rings is 2. The molecule has 1 aliphatic rings. The summed E-state index contributed by atoms with van der Waals surface area (Å²) in [6.45, 7) is 5.16. The molecule has 2 amide bonds. The van der Waals surface area contributed by atoms with E-state index in [4.69, 9.17) is 0 Å². The van der Waals surface area contributed by atoms with E-state index >= 15 is 0 Å². The van der Waals surface area contributed by atoms with Gasteiger partial charge in [0.15, 0.2) is 0 Å². The van der Waals surface area contributed by atoms with Crippen molar-refractivity contribution in [2.24, 2.45) is 5.92 Å². The van der Waals surface area contributed by atoms with Crippen LogP contribution in [0.15, 0.2) is 48.5 Å². The summed E-state index contributed by atoms with van der Waals surface area (Å²) in [7, 11) is 0. The minimum Gasteiger partial charge on any atom is -0.354 e. The van der Waals surface area contributed by atoms with Crippen LogP contribution in [0.4, 0.5) is 4.39 Å². The number of piperidine rings is 1. The van der Waals surface area contributed by atoms with Crippen molar-refractivity contribution >= 4 is 22.7 Å². The van der Waals surface area contributed by atoms with Crippen LogP contribution in [0.3, 0.4) is 0 Å². The number of fused-ring (bicyclic) bond motifs is 1. The highest BCUT2D eigenvalue weighted by molar-refractivity contribution is 5.91. The Morgan fingerprint density at radius 2 is 1.78 bits per heavy atom. The van der Waals surface area contributed by atoms with Gasteiger partial charge in [-0.15, -0.1) is 0 Å². The molecule has 32 heavy (non-hydrogen) atoms. The van der Waals surface area contributed by atoms with E-state index in [-0.39, 0.29) is 29.6 Å². The van der Waals surface area contributed by atoms with E-state index in [0.717, 1.165) is 27.7 Å². The number of likely N-dealkylation sites (tertiary alicyclic amines) is 1. The number of aryl methyl sites for hydroxylation is 1. The van der Waals surface area contributed by atoms with Crippen molar-refractivity contribution < 1.29 is 14.0 Å². The summed E-state index contributed by atoms with van der Waals surface area (Å²) >= 11 is 0. The Kier molecular flexibility index (Phi) is 6.58.